The van der Waals surface area contributed by atoms with Gasteiger partial charge < -0.3 is 0 Å². The van der Waals surface area contributed by atoms with E-state index in [0.717, 1.165) is 12.8 Å². The Morgan fingerprint density at radius 3 is 2.08 bits per heavy atom. The normalized spacial score (nSPS) is 24.1. The van der Waals surface area contributed by atoms with E-state index in [4.69, 9.17) is 10.7 Å². The second kappa shape index (κ2) is 2.86. The monoisotopic (exact) mass is 211 g/mol. The minimum atomic E-state index is -3.51. The molecule has 1 aliphatic rings. The molecule has 0 bridgehead atoms. The molecule has 1 fully saturated rings. The number of nitrogens with zero attached hydrogens (tertiary/aromatic N) is 1. The molecule has 3 nitrogen and oxygen atoms in total. The lowest BCUT2D eigenvalue weighted by atomic mass is 9.68. The number of hydrogen-bond acceptors (Lipinski definition) is 2. The zero-order chi connectivity index (χ0) is 9.57. The van der Waals surface area contributed by atoms with Gasteiger partial charge in [0.2, 0.25) is 0 Å². The molecule has 72 valence electrons. The second-order valence-electron chi connectivity index (χ2n) is 4.18. The average molecular weight is 212 g/mol. The molecule has 0 N–H and O–H groups in total. The van der Waals surface area contributed by atoms with Gasteiger partial charge in [-0.15, -0.1) is 0 Å². The molecule has 0 aromatic heterocycles. The summed E-state index contributed by atoms with van der Waals surface area (Å²) in [5.41, 5.74) is 0.278. The van der Waals surface area contributed by atoms with Gasteiger partial charge in [-0.2, -0.15) is 12.7 Å². The van der Waals surface area contributed by atoms with E-state index in [9.17, 15) is 8.42 Å². The molecule has 0 unspecified atom stereocenters. The van der Waals surface area contributed by atoms with Crippen LogP contribution in [0.25, 0.3) is 0 Å². The van der Waals surface area contributed by atoms with E-state index >= 15 is 0 Å². The third kappa shape index (κ3) is 2.12. The van der Waals surface area contributed by atoms with Crippen LogP contribution in [0.4, 0.5) is 0 Å². The van der Waals surface area contributed by atoms with E-state index in [-0.39, 0.29) is 11.5 Å². The first-order chi connectivity index (χ1) is 5.22. The van der Waals surface area contributed by atoms with Gasteiger partial charge in [-0.1, -0.05) is 13.8 Å². The molecule has 12 heavy (non-hydrogen) atoms. The summed E-state index contributed by atoms with van der Waals surface area (Å²) < 4.78 is 23.0. The number of rotatable bonds is 2. The lowest BCUT2D eigenvalue weighted by Gasteiger charge is -2.45. The fourth-order valence-corrected chi connectivity index (χ4v) is 2.49. The molecule has 1 aliphatic carbocycles. The van der Waals surface area contributed by atoms with Crippen molar-refractivity contribution in [1.82, 2.24) is 4.31 Å². The van der Waals surface area contributed by atoms with Crippen molar-refractivity contribution >= 4 is 19.9 Å². The maximum absolute atomic E-state index is 10.9. The van der Waals surface area contributed by atoms with Crippen molar-refractivity contribution in [3.8, 4) is 0 Å². The van der Waals surface area contributed by atoms with Crippen molar-refractivity contribution in [2.45, 2.75) is 32.7 Å². The van der Waals surface area contributed by atoms with Crippen LogP contribution in [0.15, 0.2) is 0 Å². The minimum absolute atomic E-state index is 0.0995. The first-order valence-corrected chi connectivity index (χ1v) is 6.17. The summed E-state index contributed by atoms with van der Waals surface area (Å²) in [5, 5.41) is 0. The summed E-state index contributed by atoms with van der Waals surface area (Å²) in [6.07, 6.45) is 1.80. The Kier molecular flexibility index (Phi) is 2.45. The van der Waals surface area contributed by atoms with Crippen LogP contribution in [0.5, 0.6) is 0 Å². The molecule has 0 amide bonds. The minimum Gasteiger partial charge on any atom is -0.195 e. The topological polar surface area (TPSA) is 37.4 Å². The van der Waals surface area contributed by atoms with Crippen molar-refractivity contribution in [2.75, 3.05) is 7.05 Å². The van der Waals surface area contributed by atoms with Crippen molar-refractivity contribution < 1.29 is 8.42 Å². The molecule has 0 radical (unpaired) electrons. The highest BCUT2D eigenvalue weighted by Gasteiger charge is 2.41. The molecule has 0 aromatic carbocycles. The van der Waals surface area contributed by atoms with Gasteiger partial charge in [0.05, 0.1) is 0 Å². The van der Waals surface area contributed by atoms with Gasteiger partial charge in [-0.05, 0) is 18.3 Å². The molecular formula is C7H14ClNO2S. The predicted octanol–water partition coefficient (Wildman–Crippen LogP) is 1.59. The van der Waals surface area contributed by atoms with E-state index in [0.29, 0.717) is 0 Å². The summed E-state index contributed by atoms with van der Waals surface area (Å²) in [6.45, 7) is 4.25. The van der Waals surface area contributed by atoms with Crippen molar-refractivity contribution in [3.63, 3.8) is 0 Å². The van der Waals surface area contributed by atoms with E-state index in [1.165, 1.54) is 11.4 Å². The molecule has 0 aromatic rings. The van der Waals surface area contributed by atoms with Crippen LogP contribution < -0.4 is 0 Å². The zero-order valence-electron chi connectivity index (χ0n) is 7.54. The zero-order valence-corrected chi connectivity index (χ0v) is 9.11. The quantitative estimate of drug-likeness (QED) is 0.651. The molecule has 0 spiro atoms. The van der Waals surface area contributed by atoms with Gasteiger partial charge in [-0.25, -0.2) is 0 Å². The number of hydrogen-bond donors (Lipinski definition) is 0. The van der Waals surface area contributed by atoms with Crippen molar-refractivity contribution in [3.05, 3.63) is 0 Å². The van der Waals surface area contributed by atoms with Crippen LogP contribution in [-0.4, -0.2) is 25.8 Å². The second-order valence-corrected chi connectivity index (χ2v) is 6.75. The highest BCUT2D eigenvalue weighted by molar-refractivity contribution is 8.11. The molecular weight excluding hydrogens is 198 g/mol. The Bertz CT molecular complexity index is 265. The third-order valence-electron chi connectivity index (χ3n) is 2.43. The van der Waals surface area contributed by atoms with Gasteiger partial charge >= 0.3 is 0 Å². The highest BCUT2D eigenvalue weighted by atomic mass is 35.7. The maximum Gasteiger partial charge on any atom is 0.299 e. The van der Waals surface area contributed by atoms with Crippen LogP contribution >= 0.6 is 10.7 Å². The Morgan fingerprint density at radius 2 is 1.83 bits per heavy atom. The standard InChI is InChI=1S/C7H14ClNO2S/c1-7(2)4-6(5-7)9(3)12(8,10)11/h6H,4-5H2,1-3H3. The molecule has 0 saturated heterocycles. The van der Waals surface area contributed by atoms with Gasteiger partial charge in [-0.3, -0.25) is 0 Å². The first kappa shape index (κ1) is 10.3. The van der Waals surface area contributed by atoms with Crippen molar-refractivity contribution in [2.24, 2.45) is 5.41 Å². The van der Waals surface area contributed by atoms with E-state index in [1.54, 1.807) is 0 Å². The summed E-state index contributed by atoms with van der Waals surface area (Å²) in [4.78, 5) is 0. The maximum atomic E-state index is 10.9. The van der Waals surface area contributed by atoms with Crippen LogP contribution in [-0.2, 0) is 9.24 Å². The fraction of sp³-hybridized carbons (Fsp3) is 1.00. The summed E-state index contributed by atoms with van der Waals surface area (Å²) in [7, 11) is 3.20. The average Bonchev–Trinajstić information content (AvgIpc) is 1.78. The molecule has 1 rings (SSSR count). The molecule has 0 atom stereocenters. The first-order valence-electron chi connectivity index (χ1n) is 3.90. The van der Waals surface area contributed by atoms with E-state index in [1.807, 2.05) is 0 Å². The molecule has 1 saturated carbocycles. The lowest BCUT2D eigenvalue weighted by molar-refractivity contribution is 0.0869. The highest BCUT2D eigenvalue weighted by Crippen LogP contribution is 2.43. The Morgan fingerprint density at radius 1 is 1.42 bits per heavy atom. The van der Waals surface area contributed by atoms with Gasteiger partial charge in [0, 0.05) is 23.8 Å². The van der Waals surface area contributed by atoms with Crippen LogP contribution in [0.3, 0.4) is 0 Å². The van der Waals surface area contributed by atoms with E-state index in [2.05, 4.69) is 13.8 Å². The van der Waals surface area contributed by atoms with Crippen LogP contribution in [0.1, 0.15) is 26.7 Å². The third-order valence-corrected chi connectivity index (χ3v) is 4.07. The Hall–Kier alpha value is 0.200. The number of halogens is 1. The summed E-state index contributed by atoms with van der Waals surface area (Å²) in [6, 6.07) is 0.0995. The SMILES string of the molecule is CN(C1CC(C)(C)C1)S(=O)(=O)Cl. The lowest BCUT2D eigenvalue weighted by Crippen LogP contribution is -2.47. The smallest absolute Gasteiger partial charge is 0.195 e. The summed E-state index contributed by atoms with van der Waals surface area (Å²) >= 11 is 0. The molecule has 0 heterocycles. The van der Waals surface area contributed by atoms with Gasteiger partial charge in [0.15, 0.2) is 0 Å². The molecule has 0 aliphatic heterocycles. The largest absolute Gasteiger partial charge is 0.299 e. The summed E-state index contributed by atoms with van der Waals surface area (Å²) in [5.74, 6) is 0. The fourth-order valence-electron chi connectivity index (χ4n) is 1.65. The molecule has 5 heteroatoms. The Labute approximate surface area is 78.3 Å². The Balaban J connectivity index is 2.55. The van der Waals surface area contributed by atoms with Gasteiger partial charge in [0.25, 0.3) is 9.24 Å². The van der Waals surface area contributed by atoms with Gasteiger partial charge in [0.1, 0.15) is 0 Å². The predicted molar refractivity (Wildman–Crippen MR) is 49.3 cm³/mol. The van der Waals surface area contributed by atoms with Crippen LogP contribution in [0, 0.1) is 5.41 Å². The van der Waals surface area contributed by atoms with Crippen molar-refractivity contribution in [1.29, 1.82) is 0 Å². The van der Waals surface area contributed by atoms with Crippen LogP contribution in [0.2, 0.25) is 0 Å². The van der Waals surface area contributed by atoms with E-state index < -0.39 is 9.24 Å².